The number of rotatable bonds is 4. The van der Waals surface area contributed by atoms with Gasteiger partial charge in [-0.1, -0.05) is 73.3 Å². The van der Waals surface area contributed by atoms with Crippen LogP contribution in [-0.4, -0.2) is 9.13 Å². The molecule has 4 nitrogen and oxygen atoms in total. The molecule has 0 atom stereocenters. The van der Waals surface area contributed by atoms with Gasteiger partial charge in [-0.3, -0.25) is 0 Å². The number of aromatic nitrogens is 2. The van der Waals surface area contributed by atoms with E-state index in [1.165, 1.54) is 27.2 Å². The van der Waals surface area contributed by atoms with Crippen molar-refractivity contribution in [3.8, 4) is 11.4 Å². The number of benzene rings is 6. The third kappa shape index (κ3) is 3.54. The Morgan fingerprint density at radius 1 is 0.562 bits per heavy atom. The summed E-state index contributed by atoms with van der Waals surface area (Å²) in [6, 6.07) is 40.9. The molecule has 0 fully saturated rings. The molecule has 4 aromatic heterocycles. The van der Waals surface area contributed by atoms with Crippen molar-refractivity contribution in [2.24, 2.45) is 0 Å². The molecule has 228 valence electrons. The third-order valence-electron chi connectivity index (χ3n) is 9.98. The molecule has 10 rings (SSSR count). The van der Waals surface area contributed by atoms with Crippen LogP contribution in [0.25, 0.3) is 100 Å². The number of hydrogen-bond acceptors (Lipinski definition) is 2. The Kier molecular flexibility index (Phi) is 5.53. The SMILES string of the molecule is C=Cc1c(/C=C\C)n(-c2ccc3oc4cc5c(oc6ccc(-n7c8ccccc8c8ccccc87)cc65)c(C)c4c3c2)c2ccccc12. The molecule has 6 aromatic carbocycles. The van der Waals surface area contributed by atoms with Crippen LogP contribution < -0.4 is 0 Å². The van der Waals surface area contributed by atoms with Crippen molar-refractivity contribution < 1.29 is 8.83 Å². The second-order valence-electron chi connectivity index (χ2n) is 12.5. The van der Waals surface area contributed by atoms with E-state index in [9.17, 15) is 0 Å². The van der Waals surface area contributed by atoms with Crippen LogP contribution in [-0.2, 0) is 0 Å². The van der Waals surface area contributed by atoms with Crippen molar-refractivity contribution in [1.29, 1.82) is 0 Å². The van der Waals surface area contributed by atoms with Crippen LogP contribution in [0.3, 0.4) is 0 Å². The maximum absolute atomic E-state index is 6.62. The highest BCUT2D eigenvalue weighted by Crippen LogP contribution is 2.42. The summed E-state index contributed by atoms with van der Waals surface area (Å²) in [5.74, 6) is 0. The van der Waals surface area contributed by atoms with Gasteiger partial charge in [0.15, 0.2) is 0 Å². The van der Waals surface area contributed by atoms with Crippen molar-refractivity contribution in [1.82, 2.24) is 9.13 Å². The topological polar surface area (TPSA) is 36.1 Å². The lowest BCUT2D eigenvalue weighted by Crippen LogP contribution is -1.97. The molecule has 0 bridgehead atoms. The normalized spacial score (nSPS) is 12.4. The lowest BCUT2D eigenvalue weighted by Gasteiger charge is -2.10. The summed E-state index contributed by atoms with van der Waals surface area (Å²) >= 11 is 0. The summed E-state index contributed by atoms with van der Waals surface area (Å²) in [5, 5.41) is 7.94. The number of nitrogens with zero attached hydrogens (tertiary/aromatic N) is 2. The lowest BCUT2D eigenvalue weighted by atomic mass is 10.0. The number of furan rings is 2. The van der Waals surface area contributed by atoms with Gasteiger partial charge in [-0.25, -0.2) is 0 Å². The molecular formula is C44H30N2O2. The van der Waals surface area contributed by atoms with Crippen molar-refractivity contribution in [2.75, 3.05) is 0 Å². The molecule has 0 aliphatic carbocycles. The van der Waals surface area contributed by atoms with Gasteiger partial charge in [0.2, 0.25) is 0 Å². The maximum Gasteiger partial charge on any atom is 0.139 e. The number of para-hydroxylation sites is 3. The molecule has 0 aliphatic heterocycles. The fourth-order valence-electron chi connectivity index (χ4n) is 7.94. The van der Waals surface area contributed by atoms with Gasteiger partial charge in [0.1, 0.15) is 22.3 Å². The summed E-state index contributed by atoms with van der Waals surface area (Å²) in [6.45, 7) is 8.34. The Labute approximate surface area is 276 Å². The zero-order valence-electron chi connectivity index (χ0n) is 26.6. The monoisotopic (exact) mass is 618 g/mol. The highest BCUT2D eigenvalue weighted by Gasteiger charge is 2.21. The Morgan fingerprint density at radius 3 is 1.81 bits per heavy atom. The smallest absolute Gasteiger partial charge is 0.139 e. The highest BCUT2D eigenvalue weighted by molar-refractivity contribution is 6.18. The van der Waals surface area contributed by atoms with Crippen molar-refractivity contribution in [2.45, 2.75) is 13.8 Å². The van der Waals surface area contributed by atoms with E-state index in [0.29, 0.717) is 0 Å². The second-order valence-corrected chi connectivity index (χ2v) is 12.5. The average Bonchev–Trinajstić information content (AvgIpc) is 3.86. The minimum absolute atomic E-state index is 0.854. The number of hydrogen-bond donors (Lipinski definition) is 0. The lowest BCUT2D eigenvalue weighted by molar-refractivity contribution is 0.661. The maximum atomic E-state index is 6.62. The van der Waals surface area contributed by atoms with E-state index in [4.69, 9.17) is 8.83 Å². The Balaban J connectivity index is 1.21. The van der Waals surface area contributed by atoms with Gasteiger partial charge in [-0.2, -0.15) is 0 Å². The fraction of sp³-hybridized carbons (Fsp3) is 0.0455. The van der Waals surface area contributed by atoms with Crippen LogP contribution in [0, 0.1) is 6.92 Å². The van der Waals surface area contributed by atoms with Crippen LogP contribution in [0.1, 0.15) is 23.7 Å². The summed E-state index contributed by atoms with van der Waals surface area (Å²) < 4.78 is 17.9. The first kappa shape index (κ1) is 26.9. The molecule has 10 aromatic rings. The average molecular weight is 619 g/mol. The first-order valence-corrected chi connectivity index (χ1v) is 16.3. The third-order valence-corrected chi connectivity index (χ3v) is 9.98. The zero-order chi connectivity index (χ0) is 32.1. The predicted octanol–water partition coefficient (Wildman–Crippen LogP) is 12.5. The van der Waals surface area contributed by atoms with Crippen molar-refractivity contribution in [3.63, 3.8) is 0 Å². The Morgan fingerprint density at radius 2 is 1.15 bits per heavy atom. The fourth-order valence-corrected chi connectivity index (χ4v) is 7.94. The highest BCUT2D eigenvalue weighted by atomic mass is 16.3. The summed E-state index contributed by atoms with van der Waals surface area (Å²) in [5.41, 5.74) is 12.5. The molecule has 48 heavy (non-hydrogen) atoms. The van der Waals surface area contributed by atoms with E-state index in [1.807, 2.05) is 6.08 Å². The second kappa shape index (κ2) is 9.87. The molecule has 4 heterocycles. The van der Waals surface area contributed by atoms with E-state index in [0.717, 1.165) is 77.6 Å². The van der Waals surface area contributed by atoms with Crippen LogP contribution in [0.5, 0.6) is 0 Å². The summed E-state index contributed by atoms with van der Waals surface area (Å²) in [7, 11) is 0. The molecule has 0 saturated heterocycles. The molecule has 0 spiro atoms. The van der Waals surface area contributed by atoms with E-state index in [1.54, 1.807) is 0 Å². The quantitative estimate of drug-likeness (QED) is 0.197. The molecule has 0 unspecified atom stereocenters. The van der Waals surface area contributed by atoms with E-state index in [2.05, 4.69) is 157 Å². The largest absolute Gasteiger partial charge is 0.456 e. The van der Waals surface area contributed by atoms with Gasteiger partial charge >= 0.3 is 0 Å². The predicted molar refractivity (Wildman–Crippen MR) is 202 cm³/mol. The van der Waals surface area contributed by atoms with Crippen LogP contribution in [0.4, 0.5) is 0 Å². The molecule has 0 radical (unpaired) electrons. The summed E-state index contributed by atoms with van der Waals surface area (Å²) in [6.07, 6.45) is 6.19. The molecule has 4 heteroatoms. The van der Waals surface area contributed by atoms with E-state index in [-0.39, 0.29) is 0 Å². The van der Waals surface area contributed by atoms with Crippen molar-refractivity contribution in [3.05, 3.63) is 145 Å². The first-order valence-electron chi connectivity index (χ1n) is 16.3. The van der Waals surface area contributed by atoms with E-state index >= 15 is 0 Å². The minimum atomic E-state index is 0.854. The van der Waals surface area contributed by atoms with Crippen molar-refractivity contribution >= 4 is 88.7 Å². The van der Waals surface area contributed by atoms with Gasteiger partial charge in [-0.15, -0.1) is 0 Å². The Hall–Kier alpha value is -6.26. The molecule has 0 saturated carbocycles. The van der Waals surface area contributed by atoms with Gasteiger partial charge in [0.25, 0.3) is 0 Å². The minimum Gasteiger partial charge on any atom is -0.456 e. The molecular weight excluding hydrogens is 588 g/mol. The number of allylic oxidation sites excluding steroid dienone is 1. The van der Waals surface area contributed by atoms with Gasteiger partial charge < -0.3 is 18.0 Å². The molecule has 0 aliphatic rings. The molecule has 0 amide bonds. The van der Waals surface area contributed by atoms with Crippen LogP contribution >= 0.6 is 0 Å². The van der Waals surface area contributed by atoms with Crippen LogP contribution in [0.15, 0.2) is 137 Å². The standard InChI is InChI=1S/C44H30N2O2/c1-4-12-36-29(5-2)30-13-6-9-16-37(30)45(36)28-20-22-41-35(24-28)43-26(3)44-34(25-42(43)47-41)33-23-27(19-21-40(33)48-44)46-38-17-10-7-14-31(38)32-15-8-11-18-39(32)46/h4-25H,2H2,1,3H3/b12-4-. The number of fused-ring (bicyclic) bond motifs is 10. The summed E-state index contributed by atoms with van der Waals surface area (Å²) in [4.78, 5) is 0. The van der Waals surface area contributed by atoms with Gasteiger partial charge in [-0.05, 0) is 80.6 Å². The zero-order valence-corrected chi connectivity index (χ0v) is 26.6. The Bertz CT molecular complexity index is 2940. The van der Waals surface area contributed by atoms with Gasteiger partial charge in [0.05, 0.1) is 22.2 Å². The van der Waals surface area contributed by atoms with Crippen LogP contribution in [0.2, 0.25) is 0 Å². The van der Waals surface area contributed by atoms with E-state index < -0.39 is 0 Å². The van der Waals surface area contributed by atoms with Gasteiger partial charge in [0, 0.05) is 60.2 Å². The first-order chi connectivity index (χ1) is 23.6. The number of aryl methyl sites for hydroxylation is 1. The molecule has 0 N–H and O–H groups in total.